The zero-order valence-corrected chi connectivity index (χ0v) is 15.9. The van der Waals surface area contributed by atoms with Crippen molar-refractivity contribution < 1.29 is 5.11 Å². The van der Waals surface area contributed by atoms with Crippen molar-refractivity contribution in [2.45, 2.75) is 71.6 Å². The van der Waals surface area contributed by atoms with Gasteiger partial charge in [-0.15, -0.1) is 0 Å². The number of aliphatic hydroxyl groups excluding tert-OH is 1. The van der Waals surface area contributed by atoms with Crippen LogP contribution >= 0.6 is 12.6 Å². The van der Waals surface area contributed by atoms with Crippen LogP contribution in [-0.2, 0) is 0 Å². The lowest BCUT2D eigenvalue weighted by atomic mass is 9.63. The molecule has 0 amide bonds. The van der Waals surface area contributed by atoms with Crippen molar-refractivity contribution in [2.75, 3.05) is 12.4 Å². The maximum Gasteiger partial charge on any atom is 0.0531 e. The molecule has 23 heavy (non-hydrogen) atoms. The summed E-state index contributed by atoms with van der Waals surface area (Å²) in [4.78, 5) is 0. The molecule has 3 aliphatic carbocycles. The third-order valence-electron chi connectivity index (χ3n) is 7.32. The Morgan fingerprint density at radius 2 is 2.00 bits per heavy atom. The number of thiol groups is 1. The summed E-state index contributed by atoms with van der Waals surface area (Å²) in [5, 5.41) is 10.1. The largest absolute Gasteiger partial charge is 0.395 e. The van der Waals surface area contributed by atoms with E-state index in [4.69, 9.17) is 0 Å². The van der Waals surface area contributed by atoms with E-state index in [1.165, 1.54) is 68.9 Å². The standard InChI is InChI=1S/C21H34OS/c1-15-9-10-20-16(7-5-11-21(15,20)2)12-18(13-22)19-8-4-3-6-17(19)14-23/h12,15,18,20,22-23H,3-11,13-14H2,1-2H3/b16-12+/t15-,18?,20?,21+/m0/s1. The maximum absolute atomic E-state index is 10.1. The lowest BCUT2D eigenvalue weighted by Gasteiger charge is -2.42. The van der Waals surface area contributed by atoms with Gasteiger partial charge in [0.2, 0.25) is 0 Å². The van der Waals surface area contributed by atoms with Crippen LogP contribution < -0.4 is 0 Å². The summed E-state index contributed by atoms with van der Waals surface area (Å²) in [7, 11) is 0. The molecule has 0 aliphatic heterocycles. The van der Waals surface area contributed by atoms with E-state index in [-0.39, 0.29) is 12.5 Å². The number of hydrogen-bond donors (Lipinski definition) is 2. The molecule has 1 nitrogen and oxygen atoms in total. The van der Waals surface area contributed by atoms with Gasteiger partial charge in [-0.1, -0.05) is 36.6 Å². The first-order valence-electron chi connectivity index (χ1n) is 9.73. The van der Waals surface area contributed by atoms with Crippen molar-refractivity contribution in [1.29, 1.82) is 0 Å². The first kappa shape index (κ1) is 17.6. The molecule has 0 heterocycles. The number of aliphatic hydroxyl groups is 1. The highest BCUT2D eigenvalue weighted by Crippen LogP contribution is 2.57. The maximum atomic E-state index is 10.1. The fraction of sp³-hybridized carbons (Fsp3) is 0.810. The minimum atomic E-state index is 0.255. The molecule has 2 fully saturated rings. The summed E-state index contributed by atoms with van der Waals surface area (Å²) < 4.78 is 0. The summed E-state index contributed by atoms with van der Waals surface area (Å²) in [6.45, 7) is 5.25. The average molecular weight is 335 g/mol. The number of allylic oxidation sites excluding steroid dienone is 1. The van der Waals surface area contributed by atoms with E-state index < -0.39 is 0 Å². The van der Waals surface area contributed by atoms with Gasteiger partial charge in [0.05, 0.1) is 6.61 Å². The minimum absolute atomic E-state index is 0.255. The van der Waals surface area contributed by atoms with Crippen molar-refractivity contribution >= 4 is 12.6 Å². The predicted octanol–water partition coefficient (Wildman–Crippen LogP) is 5.56. The predicted molar refractivity (Wildman–Crippen MR) is 102 cm³/mol. The van der Waals surface area contributed by atoms with Crippen LogP contribution in [0.15, 0.2) is 22.8 Å². The number of hydrogen-bond acceptors (Lipinski definition) is 2. The van der Waals surface area contributed by atoms with Gasteiger partial charge in [-0.25, -0.2) is 0 Å². The Bertz CT molecular complexity index is 492. The molecule has 0 aromatic carbocycles. The van der Waals surface area contributed by atoms with E-state index in [2.05, 4.69) is 32.6 Å². The van der Waals surface area contributed by atoms with Crippen LogP contribution in [0.5, 0.6) is 0 Å². The summed E-state index contributed by atoms with van der Waals surface area (Å²) in [6, 6.07) is 0. The summed E-state index contributed by atoms with van der Waals surface area (Å²) in [6.07, 6.45) is 14.2. The van der Waals surface area contributed by atoms with E-state index in [9.17, 15) is 5.11 Å². The third kappa shape index (κ3) is 3.31. The molecule has 4 atom stereocenters. The quantitative estimate of drug-likeness (QED) is 0.509. The number of fused-ring (bicyclic) bond motifs is 1. The summed E-state index contributed by atoms with van der Waals surface area (Å²) >= 11 is 4.55. The zero-order valence-electron chi connectivity index (χ0n) is 15.0. The Hall–Kier alpha value is -0.210. The smallest absolute Gasteiger partial charge is 0.0531 e. The fourth-order valence-corrected chi connectivity index (χ4v) is 6.00. The van der Waals surface area contributed by atoms with Crippen LogP contribution in [0.25, 0.3) is 0 Å². The molecule has 130 valence electrons. The minimum Gasteiger partial charge on any atom is -0.395 e. The SMILES string of the molecule is C[C@H]1CCC2/C(=C/C(CO)C3=C(CS)CCCC3)CCC[C@@]21C. The third-order valence-corrected chi connectivity index (χ3v) is 7.70. The van der Waals surface area contributed by atoms with Gasteiger partial charge in [0.1, 0.15) is 0 Å². The molecule has 0 spiro atoms. The highest BCUT2D eigenvalue weighted by molar-refractivity contribution is 7.80. The van der Waals surface area contributed by atoms with Crippen molar-refractivity contribution in [1.82, 2.24) is 0 Å². The molecular formula is C21H34OS. The van der Waals surface area contributed by atoms with E-state index >= 15 is 0 Å². The average Bonchev–Trinajstić information content (AvgIpc) is 2.88. The molecular weight excluding hydrogens is 300 g/mol. The van der Waals surface area contributed by atoms with E-state index in [0.29, 0.717) is 5.41 Å². The van der Waals surface area contributed by atoms with Gasteiger partial charge in [-0.2, -0.15) is 12.6 Å². The van der Waals surface area contributed by atoms with Gasteiger partial charge in [0.15, 0.2) is 0 Å². The Morgan fingerprint density at radius 1 is 1.22 bits per heavy atom. The molecule has 1 N–H and O–H groups in total. The zero-order chi connectivity index (χ0) is 16.4. The monoisotopic (exact) mass is 334 g/mol. The van der Waals surface area contributed by atoms with Crippen LogP contribution in [0, 0.1) is 23.2 Å². The second-order valence-corrected chi connectivity index (χ2v) is 8.73. The molecule has 3 rings (SSSR count). The van der Waals surface area contributed by atoms with E-state index in [1.807, 2.05) is 0 Å². The van der Waals surface area contributed by atoms with Gasteiger partial charge >= 0.3 is 0 Å². The molecule has 0 radical (unpaired) electrons. The highest BCUT2D eigenvalue weighted by Gasteiger charge is 2.47. The van der Waals surface area contributed by atoms with Crippen molar-refractivity contribution in [3.63, 3.8) is 0 Å². The van der Waals surface area contributed by atoms with Gasteiger partial charge in [0, 0.05) is 11.7 Å². The van der Waals surface area contributed by atoms with Crippen molar-refractivity contribution in [3.8, 4) is 0 Å². The Morgan fingerprint density at radius 3 is 2.74 bits per heavy atom. The van der Waals surface area contributed by atoms with Gasteiger partial charge in [0.25, 0.3) is 0 Å². The molecule has 2 saturated carbocycles. The van der Waals surface area contributed by atoms with Gasteiger partial charge < -0.3 is 5.11 Å². The first-order valence-corrected chi connectivity index (χ1v) is 10.4. The molecule has 0 aromatic rings. The van der Waals surface area contributed by atoms with Crippen molar-refractivity contribution in [3.05, 3.63) is 22.8 Å². The molecule has 0 bridgehead atoms. The molecule has 3 aliphatic rings. The highest BCUT2D eigenvalue weighted by atomic mass is 32.1. The molecule has 0 saturated heterocycles. The Labute approximate surface area is 148 Å². The second-order valence-electron chi connectivity index (χ2n) is 8.42. The topological polar surface area (TPSA) is 20.2 Å². The lowest BCUT2D eigenvalue weighted by Crippen LogP contribution is -2.32. The lowest BCUT2D eigenvalue weighted by molar-refractivity contribution is 0.145. The first-order chi connectivity index (χ1) is 11.1. The Balaban J connectivity index is 1.87. The Kier molecular flexibility index (Phi) is 5.63. The van der Waals surface area contributed by atoms with Crippen LogP contribution in [0.3, 0.4) is 0 Å². The van der Waals surface area contributed by atoms with Crippen LogP contribution in [0.4, 0.5) is 0 Å². The summed E-state index contributed by atoms with van der Waals surface area (Å²) in [5.74, 6) is 2.74. The molecule has 2 heteroatoms. The van der Waals surface area contributed by atoms with Crippen LogP contribution in [0.2, 0.25) is 0 Å². The van der Waals surface area contributed by atoms with E-state index in [1.54, 1.807) is 5.57 Å². The second kappa shape index (κ2) is 7.35. The van der Waals surface area contributed by atoms with Crippen LogP contribution in [0.1, 0.15) is 71.6 Å². The number of rotatable bonds is 4. The van der Waals surface area contributed by atoms with E-state index in [0.717, 1.165) is 17.6 Å². The van der Waals surface area contributed by atoms with Crippen LogP contribution in [-0.4, -0.2) is 17.5 Å². The molecule has 2 unspecified atom stereocenters. The fourth-order valence-electron chi connectivity index (χ4n) is 5.64. The summed E-state index contributed by atoms with van der Waals surface area (Å²) in [5.41, 5.74) is 5.20. The van der Waals surface area contributed by atoms with Gasteiger partial charge in [-0.3, -0.25) is 0 Å². The van der Waals surface area contributed by atoms with Crippen molar-refractivity contribution in [2.24, 2.45) is 23.2 Å². The molecule has 0 aromatic heterocycles. The normalized spacial score (nSPS) is 38.0. The van der Waals surface area contributed by atoms with Gasteiger partial charge in [-0.05, 0) is 75.0 Å².